The normalized spacial score (nSPS) is 14.4. The Bertz CT molecular complexity index is 1100. The fraction of sp³-hybridized carbons (Fsp3) is 0.240. The first-order valence-electron chi connectivity index (χ1n) is 10.3. The van der Waals surface area contributed by atoms with E-state index in [2.05, 4.69) is 17.4 Å². The number of carbonyl (C=O) groups excluding carboxylic acids is 1. The lowest BCUT2D eigenvalue weighted by molar-refractivity contribution is 0.0172. The number of aliphatic hydroxyl groups excluding tert-OH is 2. The molecule has 0 spiro atoms. The molecule has 0 aromatic heterocycles. The molecule has 4 rings (SSSR count). The SMILES string of the molecule is Cc1cc(Cl)cc(C(O)C(O)CNC(=O)OCC2c3ccccc3-c3ccccc32)c1O. The smallest absolute Gasteiger partial charge is 0.407 e. The summed E-state index contributed by atoms with van der Waals surface area (Å²) in [7, 11) is 0. The summed E-state index contributed by atoms with van der Waals surface area (Å²) >= 11 is 5.98. The number of aliphatic hydroxyl groups is 2. The van der Waals surface area contributed by atoms with E-state index in [0.29, 0.717) is 10.6 Å². The van der Waals surface area contributed by atoms with E-state index in [1.54, 1.807) is 13.0 Å². The Morgan fingerprint density at radius 3 is 2.28 bits per heavy atom. The van der Waals surface area contributed by atoms with Gasteiger partial charge in [-0.25, -0.2) is 4.79 Å². The van der Waals surface area contributed by atoms with E-state index in [9.17, 15) is 20.1 Å². The van der Waals surface area contributed by atoms with Crippen LogP contribution in [0.25, 0.3) is 11.1 Å². The van der Waals surface area contributed by atoms with Gasteiger partial charge in [0.25, 0.3) is 0 Å². The average Bonchev–Trinajstić information content (AvgIpc) is 3.11. The maximum Gasteiger partial charge on any atom is 0.407 e. The summed E-state index contributed by atoms with van der Waals surface area (Å²) in [5, 5.41) is 33.6. The fourth-order valence-electron chi connectivity index (χ4n) is 4.14. The van der Waals surface area contributed by atoms with Crippen molar-refractivity contribution in [3.8, 4) is 16.9 Å². The van der Waals surface area contributed by atoms with Gasteiger partial charge >= 0.3 is 6.09 Å². The Labute approximate surface area is 191 Å². The number of amides is 1. The fourth-order valence-corrected chi connectivity index (χ4v) is 4.42. The zero-order chi connectivity index (χ0) is 22.8. The predicted octanol–water partition coefficient (Wildman–Crippen LogP) is 4.29. The van der Waals surface area contributed by atoms with Crippen LogP contribution in [0.4, 0.5) is 4.79 Å². The number of halogens is 1. The van der Waals surface area contributed by atoms with Gasteiger partial charge in [0.2, 0.25) is 0 Å². The van der Waals surface area contributed by atoms with Crippen LogP contribution >= 0.6 is 11.6 Å². The first kappa shape index (κ1) is 22.1. The number of phenolic OH excluding ortho intramolecular Hbond substituents is 1. The Balaban J connectivity index is 1.36. The van der Waals surface area contributed by atoms with Crippen molar-refractivity contribution < 1.29 is 24.9 Å². The van der Waals surface area contributed by atoms with Crippen molar-refractivity contribution in [1.29, 1.82) is 0 Å². The van der Waals surface area contributed by atoms with Crippen molar-refractivity contribution in [2.24, 2.45) is 0 Å². The lowest BCUT2D eigenvalue weighted by Gasteiger charge is -2.21. The van der Waals surface area contributed by atoms with Gasteiger partial charge in [-0.3, -0.25) is 0 Å². The molecule has 1 amide bonds. The predicted molar refractivity (Wildman–Crippen MR) is 122 cm³/mol. The molecule has 3 aromatic carbocycles. The average molecular weight is 454 g/mol. The summed E-state index contributed by atoms with van der Waals surface area (Å²) < 4.78 is 5.42. The van der Waals surface area contributed by atoms with E-state index in [0.717, 1.165) is 22.3 Å². The van der Waals surface area contributed by atoms with E-state index < -0.39 is 18.3 Å². The van der Waals surface area contributed by atoms with Crippen molar-refractivity contribution in [3.05, 3.63) is 87.9 Å². The van der Waals surface area contributed by atoms with Crippen molar-refractivity contribution >= 4 is 17.7 Å². The molecule has 166 valence electrons. The van der Waals surface area contributed by atoms with Gasteiger partial charge in [-0.05, 0) is 46.9 Å². The Hall–Kier alpha value is -3.06. The minimum absolute atomic E-state index is 0.0740. The number of rotatable bonds is 6. The standard InChI is InChI=1S/C25H24ClNO5/c1-14-10-15(26)11-20(23(14)29)24(30)22(28)12-27-25(31)32-13-21-18-8-4-2-6-16(18)17-7-3-5-9-19(17)21/h2-11,21-22,24,28-30H,12-13H2,1H3,(H,27,31). The van der Waals surface area contributed by atoms with Gasteiger partial charge in [-0.2, -0.15) is 0 Å². The topological polar surface area (TPSA) is 99.0 Å². The number of hydrogen-bond donors (Lipinski definition) is 4. The molecule has 32 heavy (non-hydrogen) atoms. The maximum absolute atomic E-state index is 12.3. The Morgan fingerprint density at radius 1 is 1.06 bits per heavy atom. The highest BCUT2D eigenvalue weighted by Crippen LogP contribution is 2.44. The molecule has 0 bridgehead atoms. The van der Waals surface area contributed by atoms with Gasteiger partial charge < -0.3 is 25.4 Å². The van der Waals surface area contributed by atoms with Crippen LogP contribution in [0, 0.1) is 6.92 Å². The number of carbonyl (C=O) groups is 1. The Morgan fingerprint density at radius 2 is 1.66 bits per heavy atom. The van der Waals surface area contributed by atoms with Gasteiger partial charge in [0.05, 0.1) is 0 Å². The minimum atomic E-state index is -1.43. The Kier molecular flexibility index (Phi) is 6.37. The molecular weight excluding hydrogens is 430 g/mol. The summed E-state index contributed by atoms with van der Waals surface area (Å²) in [6.45, 7) is 1.52. The van der Waals surface area contributed by atoms with Gasteiger partial charge in [0.15, 0.2) is 0 Å². The van der Waals surface area contributed by atoms with E-state index in [4.69, 9.17) is 16.3 Å². The third kappa shape index (κ3) is 4.30. The number of aromatic hydroxyl groups is 1. The largest absolute Gasteiger partial charge is 0.507 e. The van der Waals surface area contributed by atoms with Crippen LogP contribution in [0.3, 0.4) is 0 Å². The van der Waals surface area contributed by atoms with Crippen LogP contribution in [0.1, 0.15) is 34.3 Å². The summed E-state index contributed by atoms with van der Waals surface area (Å²) in [5.74, 6) is -0.225. The van der Waals surface area contributed by atoms with Crippen LogP contribution in [0.15, 0.2) is 60.7 Å². The lowest BCUT2D eigenvalue weighted by Crippen LogP contribution is -2.36. The molecule has 4 N–H and O–H groups in total. The number of phenols is 1. The van der Waals surface area contributed by atoms with E-state index in [1.807, 2.05) is 36.4 Å². The third-order valence-corrected chi connectivity index (χ3v) is 6.00. The number of hydrogen-bond acceptors (Lipinski definition) is 5. The summed E-state index contributed by atoms with van der Waals surface area (Å²) in [4.78, 5) is 12.3. The lowest BCUT2D eigenvalue weighted by atomic mass is 9.98. The number of alkyl carbamates (subject to hydrolysis) is 1. The van der Waals surface area contributed by atoms with Crippen molar-refractivity contribution in [2.45, 2.75) is 25.0 Å². The molecule has 1 aliphatic carbocycles. The highest BCUT2D eigenvalue weighted by Gasteiger charge is 2.29. The zero-order valence-corrected chi connectivity index (χ0v) is 18.2. The summed E-state index contributed by atoms with van der Waals surface area (Å²) in [5.41, 5.74) is 5.03. The monoisotopic (exact) mass is 453 g/mol. The number of fused-ring (bicyclic) bond motifs is 3. The van der Waals surface area contributed by atoms with Crippen LogP contribution in [-0.4, -0.2) is 40.7 Å². The summed E-state index contributed by atoms with van der Waals surface area (Å²) in [6, 6.07) is 19.0. The number of benzene rings is 3. The van der Waals surface area contributed by atoms with Crippen LogP contribution in [0.5, 0.6) is 5.75 Å². The van der Waals surface area contributed by atoms with Crippen molar-refractivity contribution in [3.63, 3.8) is 0 Å². The minimum Gasteiger partial charge on any atom is -0.507 e. The van der Waals surface area contributed by atoms with Gasteiger partial charge in [-0.15, -0.1) is 0 Å². The van der Waals surface area contributed by atoms with Crippen LogP contribution < -0.4 is 5.32 Å². The summed E-state index contributed by atoms with van der Waals surface area (Å²) in [6.07, 6.45) is -3.50. The second-order valence-electron chi connectivity index (χ2n) is 7.88. The molecule has 1 aliphatic rings. The zero-order valence-electron chi connectivity index (χ0n) is 17.5. The molecule has 3 aromatic rings. The molecule has 0 radical (unpaired) electrons. The molecule has 7 heteroatoms. The third-order valence-electron chi connectivity index (χ3n) is 5.78. The number of aryl methyl sites for hydroxylation is 1. The molecule has 0 heterocycles. The molecule has 2 unspecified atom stereocenters. The highest BCUT2D eigenvalue weighted by molar-refractivity contribution is 6.30. The van der Waals surface area contributed by atoms with Gasteiger partial charge in [-0.1, -0.05) is 60.1 Å². The molecule has 0 fully saturated rings. The van der Waals surface area contributed by atoms with Crippen molar-refractivity contribution in [1.82, 2.24) is 5.32 Å². The van der Waals surface area contributed by atoms with Gasteiger partial charge in [0.1, 0.15) is 24.6 Å². The van der Waals surface area contributed by atoms with Crippen molar-refractivity contribution in [2.75, 3.05) is 13.2 Å². The second kappa shape index (κ2) is 9.20. The molecule has 0 saturated carbocycles. The second-order valence-corrected chi connectivity index (χ2v) is 8.32. The molecule has 0 aliphatic heterocycles. The number of ether oxygens (including phenoxy) is 1. The first-order valence-corrected chi connectivity index (χ1v) is 10.7. The van der Waals surface area contributed by atoms with Gasteiger partial charge in [0, 0.05) is 23.0 Å². The van der Waals surface area contributed by atoms with Crippen LogP contribution in [-0.2, 0) is 4.74 Å². The van der Waals surface area contributed by atoms with E-state index in [1.165, 1.54) is 6.07 Å². The molecule has 2 atom stereocenters. The number of nitrogens with one attached hydrogen (secondary N) is 1. The first-order chi connectivity index (χ1) is 15.4. The molecular formula is C25H24ClNO5. The maximum atomic E-state index is 12.3. The highest BCUT2D eigenvalue weighted by atomic mass is 35.5. The molecule has 0 saturated heterocycles. The quantitative estimate of drug-likeness (QED) is 0.446. The molecule has 6 nitrogen and oxygen atoms in total. The van der Waals surface area contributed by atoms with E-state index in [-0.39, 0.29) is 30.4 Å². The van der Waals surface area contributed by atoms with Crippen LogP contribution in [0.2, 0.25) is 5.02 Å². The van der Waals surface area contributed by atoms with E-state index >= 15 is 0 Å².